The number of hydrogen-bond donors (Lipinski definition) is 1. The molecule has 1 aliphatic rings. The van der Waals surface area contributed by atoms with Crippen molar-refractivity contribution >= 4 is 23.4 Å². The van der Waals surface area contributed by atoms with Gasteiger partial charge in [-0.25, -0.2) is 0 Å². The van der Waals surface area contributed by atoms with Gasteiger partial charge < -0.3 is 4.90 Å². The molecule has 2 aromatic carbocycles. The Balaban J connectivity index is 2.15. The molecular weight excluding hydrogens is 262 g/mol. The largest absolute Gasteiger partial charge is 0.301 e. The van der Waals surface area contributed by atoms with E-state index in [2.05, 4.69) is 92.3 Å². The van der Waals surface area contributed by atoms with Gasteiger partial charge in [0.2, 0.25) is 0 Å². The third-order valence-corrected chi connectivity index (χ3v) is 4.41. The van der Waals surface area contributed by atoms with Crippen LogP contribution in [0.25, 0.3) is 10.8 Å². The van der Waals surface area contributed by atoms with E-state index in [1.165, 1.54) is 16.3 Å². The van der Waals surface area contributed by atoms with Gasteiger partial charge >= 0.3 is 0 Å². The van der Waals surface area contributed by atoms with Crippen molar-refractivity contribution in [2.24, 2.45) is 5.92 Å². The third-order valence-electron chi connectivity index (χ3n) is 3.97. The minimum Gasteiger partial charge on any atom is -0.301 e. The molecule has 0 N–H and O–H groups in total. The van der Waals surface area contributed by atoms with Crippen molar-refractivity contribution in [1.82, 2.24) is 4.90 Å². The summed E-state index contributed by atoms with van der Waals surface area (Å²) in [6.07, 6.45) is 6.44. The van der Waals surface area contributed by atoms with Gasteiger partial charge in [-0.1, -0.05) is 60.7 Å². The van der Waals surface area contributed by atoms with Crippen LogP contribution in [0.5, 0.6) is 0 Å². The summed E-state index contributed by atoms with van der Waals surface area (Å²) in [5, 5.41) is 2.62. The molecule has 0 heterocycles. The molecule has 0 spiro atoms. The molecule has 0 aromatic heterocycles. The van der Waals surface area contributed by atoms with Gasteiger partial charge in [0.1, 0.15) is 0 Å². The number of rotatable bonds is 3. The van der Waals surface area contributed by atoms with Crippen molar-refractivity contribution in [2.45, 2.75) is 6.04 Å². The lowest BCUT2D eigenvalue weighted by molar-refractivity contribution is 0.267. The first-order chi connectivity index (χ1) is 9.68. The maximum atomic E-state index is 4.64. The lowest BCUT2D eigenvalue weighted by Crippen LogP contribution is -2.26. The molecule has 0 saturated carbocycles. The minimum absolute atomic E-state index is 0.309. The van der Waals surface area contributed by atoms with Crippen LogP contribution in [0.15, 0.2) is 65.6 Å². The fourth-order valence-corrected chi connectivity index (χ4v) is 3.37. The van der Waals surface area contributed by atoms with E-state index in [4.69, 9.17) is 0 Å². The van der Waals surface area contributed by atoms with Crippen LogP contribution in [0.2, 0.25) is 0 Å². The maximum Gasteiger partial charge on any atom is 0.0456 e. The van der Waals surface area contributed by atoms with Crippen LogP contribution in [-0.4, -0.2) is 19.0 Å². The molecule has 1 unspecified atom stereocenters. The molecule has 2 heteroatoms. The summed E-state index contributed by atoms with van der Waals surface area (Å²) in [6.45, 7) is 0. The first kappa shape index (κ1) is 13.5. The Morgan fingerprint density at radius 1 is 1.05 bits per heavy atom. The summed E-state index contributed by atoms with van der Waals surface area (Å²) in [6, 6.07) is 15.5. The summed E-state index contributed by atoms with van der Waals surface area (Å²) in [7, 11) is 4.28. The van der Waals surface area contributed by atoms with Crippen molar-refractivity contribution in [1.29, 1.82) is 0 Å². The number of nitrogens with zero attached hydrogens (tertiary/aromatic N) is 1. The van der Waals surface area contributed by atoms with Crippen LogP contribution in [0, 0.1) is 5.92 Å². The highest BCUT2D eigenvalue weighted by Crippen LogP contribution is 2.39. The van der Waals surface area contributed by atoms with Crippen molar-refractivity contribution < 1.29 is 0 Å². The zero-order valence-electron chi connectivity index (χ0n) is 11.8. The van der Waals surface area contributed by atoms with E-state index in [-0.39, 0.29) is 0 Å². The molecule has 0 radical (unpaired) electrons. The second-order valence-corrected chi connectivity index (χ2v) is 6.00. The summed E-state index contributed by atoms with van der Waals surface area (Å²) in [4.78, 5) is 3.42. The fraction of sp³-hybridized carbons (Fsp3) is 0.222. The number of thiol groups is 1. The third kappa shape index (κ3) is 2.30. The van der Waals surface area contributed by atoms with Crippen LogP contribution < -0.4 is 0 Å². The number of fused-ring (bicyclic) bond motifs is 1. The number of benzene rings is 2. The van der Waals surface area contributed by atoms with E-state index in [1.54, 1.807) is 0 Å². The molecule has 102 valence electrons. The number of hydrogen-bond acceptors (Lipinski definition) is 2. The van der Waals surface area contributed by atoms with E-state index < -0.39 is 0 Å². The Morgan fingerprint density at radius 2 is 1.80 bits per heavy atom. The van der Waals surface area contributed by atoms with Crippen LogP contribution in [0.4, 0.5) is 0 Å². The van der Waals surface area contributed by atoms with Gasteiger partial charge in [0.15, 0.2) is 0 Å². The Kier molecular flexibility index (Phi) is 3.68. The van der Waals surface area contributed by atoms with Crippen LogP contribution in [0.1, 0.15) is 11.6 Å². The normalized spacial score (nSPS) is 19.6. The van der Waals surface area contributed by atoms with Crippen LogP contribution in [-0.2, 0) is 0 Å². The van der Waals surface area contributed by atoms with E-state index in [0.717, 1.165) is 4.91 Å². The zero-order valence-corrected chi connectivity index (χ0v) is 12.7. The zero-order chi connectivity index (χ0) is 14.1. The first-order valence-electron chi connectivity index (χ1n) is 6.90. The SMILES string of the molecule is CN(C)[C@H](c1cccc2ccccc12)C1C=CC=C1S. The van der Waals surface area contributed by atoms with Crippen molar-refractivity contribution in [2.75, 3.05) is 14.1 Å². The van der Waals surface area contributed by atoms with Gasteiger partial charge in [-0.2, -0.15) is 0 Å². The topological polar surface area (TPSA) is 3.24 Å². The monoisotopic (exact) mass is 281 g/mol. The Bertz CT molecular complexity index is 679. The summed E-state index contributed by atoms with van der Waals surface area (Å²) < 4.78 is 0. The molecule has 0 bridgehead atoms. The molecule has 0 saturated heterocycles. The van der Waals surface area contributed by atoms with Gasteiger partial charge in [0, 0.05) is 12.0 Å². The van der Waals surface area contributed by atoms with Crippen LogP contribution >= 0.6 is 12.6 Å². The molecule has 2 atom stereocenters. The second kappa shape index (κ2) is 5.47. The van der Waals surface area contributed by atoms with Crippen molar-refractivity contribution in [3.63, 3.8) is 0 Å². The highest BCUT2D eigenvalue weighted by Gasteiger charge is 2.27. The molecule has 0 amide bonds. The summed E-state index contributed by atoms with van der Waals surface area (Å²) in [5.41, 5.74) is 1.37. The molecular formula is C18H19NS. The smallest absolute Gasteiger partial charge is 0.0456 e. The van der Waals surface area contributed by atoms with Crippen molar-refractivity contribution in [3.05, 3.63) is 71.2 Å². The van der Waals surface area contributed by atoms with Gasteiger partial charge in [-0.05, 0) is 35.3 Å². The molecule has 0 aliphatic heterocycles. The second-order valence-electron chi connectivity index (χ2n) is 5.48. The first-order valence-corrected chi connectivity index (χ1v) is 7.34. The summed E-state index contributed by atoms with van der Waals surface area (Å²) in [5.74, 6) is 0.333. The lowest BCUT2D eigenvalue weighted by Gasteiger charge is -2.31. The van der Waals surface area contributed by atoms with E-state index in [1.807, 2.05) is 0 Å². The van der Waals surface area contributed by atoms with Gasteiger partial charge in [0.25, 0.3) is 0 Å². The molecule has 3 rings (SSSR count). The highest BCUT2D eigenvalue weighted by molar-refractivity contribution is 7.84. The Hall–Kier alpha value is -1.51. The van der Waals surface area contributed by atoms with E-state index >= 15 is 0 Å². The van der Waals surface area contributed by atoms with Crippen molar-refractivity contribution in [3.8, 4) is 0 Å². The van der Waals surface area contributed by atoms with Gasteiger partial charge in [0.05, 0.1) is 0 Å². The predicted octanol–water partition coefficient (Wildman–Crippen LogP) is 4.44. The molecule has 1 nitrogen and oxygen atoms in total. The molecule has 1 aliphatic carbocycles. The van der Waals surface area contributed by atoms with E-state index in [0.29, 0.717) is 12.0 Å². The average molecular weight is 281 g/mol. The highest BCUT2D eigenvalue weighted by atomic mass is 32.1. The summed E-state index contributed by atoms with van der Waals surface area (Å²) >= 11 is 4.64. The Labute approximate surface area is 126 Å². The average Bonchev–Trinajstić information content (AvgIpc) is 2.85. The van der Waals surface area contributed by atoms with Gasteiger partial charge in [-0.3, -0.25) is 0 Å². The molecule has 2 aromatic rings. The number of allylic oxidation sites excluding steroid dienone is 2. The predicted molar refractivity (Wildman–Crippen MR) is 90.1 cm³/mol. The quantitative estimate of drug-likeness (QED) is 0.814. The fourth-order valence-electron chi connectivity index (χ4n) is 3.05. The minimum atomic E-state index is 0.309. The van der Waals surface area contributed by atoms with Gasteiger partial charge in [-0.15, -0.1) is 12.6 Å². The molecule has 20 heavy (non-hydrogen) atoms. The standard InChI is InChI=1S/C18H19NS/c1-19(2)18(16-11-6-12-17(16)20)15-10-5-8-13-7-3-4-9-14(13)15/h3-12,16,18,20H,1-2H3/t16?,18-/m1/s1. The molecule has 0 fully saturated rings. The maximum absolute atomic E-state index is 4.64. The van der Waals surface area contributed by atoms with E-state index in [9.17, 15) is 0 Å². The Morgan fingerprint density at radius 3 is 2.50 bits per heavy atom. The van der Waals surface area contributed by atoms with Crippen LogP contribution in [0.3, 0.4) is 0 Å². The lowest BCUT2D eigenvalue weighted by atomic mass is 9.89.